The quantitative estimate of drug-likeness (QED) is 0.0712. The number of nitrogens with two attached hydrogens (primary N) is 1. The molecule has 280 valence electrons. The number of pyridine rings is 1. The normalized spacial score (nSPS) is 18.2. The summed E-state index contributed by atoms with van der Waals surface area (Å²) in [4.78, 5) is 65.4. The van der Waals surface area contributed by atoms with Gasteiger partial charge in [-0.15, -0.1) is 15.6 Å². The van der Waals surface area contributed by atoms with Gasteiger partial charge in [-0.25, -0.2) is 19.6 Å². The Kier molecular flexibility index (Phi) is 10.5. The Morgan fingerprint density at radius 1 is 1.21 bits per heavy atom. The van der Waals surface area contributed by atoms with Crippen LogP contribution in [0, 0.1) is 0 Å². The average molecular weight is 765 g/mol. The number of carbonyl (C=O) groups is 4. The van der Waals surface area contributed by atoms with E-state index in [-0.39, 0.29) is 22.6 Å². The monoisotopic (exact) mass is 764 g/mol. The van der Waals surface area contributed by atoms with Crippen molar-refractivity contribution in [2.45, 2.75) is 63.9 Å². The number of amides is 3. The van der Waals surface area contributed by atoms with Crippen LogP contribution in [0.4, 0.5) is 15.7 Å². The summed E-state index contributed by atoms with van der Waals surface area (Å²) in [6.45, 7) is 8.43. The molecule has 2 aliphatic heterocycles. The number of β-lactam (4-membered cyclic amide) rings is 1. The first-order valence-corrected chi connectivity index (χ1v) is 17.7. The molecule has 5 rings (SSSR count). The highest BCUT2D eigenvalue weighted by molar-refractivity contribution is 7.80. The topological polar surface area (TPSA) is 274 Å². The minimum atomic E-state index is -5.03. The molecule has 4 heterocycles. The van der Waals surface area contributed by atoms with E-state index in [9.17, 15) is 32.7 Å². The summed E-state index contributed by atoms with van der Waals surface area (Å²) in [6, 6.07) is 5.36. The molecule has 1 aromatic carbocycles. The number of fused-ring (bicyclic) bond motifs is 1. The highest BCUT2D eigenvalue weighted by Gasteiger charge is 2.58. The Bertz CT molecular complexity index is 2020. The van der Waals surface area contributed by atoms with Crippen LogP contribution in [-0.4, -0.2) is 117 Å². The molecule has 2 fully saturated rings. The van der Waals surface area contributed by atoms with Gasteiger partial charge in [0.2, 0.25) is 0 Å². The lowest BCUT2D eigenvalue weighted by atomic mass is 9.84. The molecule has 0 spiro atoms. The van der Waals surface area contributed by atoms with E-state index in [0.29, 0.717) is 24.0 Å². The smallest absolute Gasteiger partial charge is 0.418 e. The maximum absolute atomic E-state index is 13.3. The zero-order valence-corrected chi connectivity index (χ0v) is 30.1. The van der Waals surface area contributed by atoms with Crippen molar-refractivity contribution in [3.05, 3.63) is 41.5 Å². The second kappa shape index (κ2) is 14.4. The lowest BCUT2D eigenvalue weighted by Gasteiger charge is -2.50. The molecular weight excluding hydrogens is 729 g/mol. The molecule has 20 nitrogen and oxygen atoms in total. The van der Waals surface area contributed by atoms with Crippen molar-refractivity contribution in [3.8, 4) is 5.75 Å². The molecule has 2 saturated heterocycles. The number of ether oxygens (including phenoxy) is 2. The van der Waals surface area contributed by atoms with E-state index < -0.39 is 69.9 Å². The van der Waals surface area contributed by atoms with E-state index in [1.165, 1.54) is 19.2 Å². The van der Waals surface area contributed by atoms with Crippen LogP contribution in [0.2, 0.25) is 0 Å². The molecule has 3 aromatic rings. The second-order valence-corrected chi connectivity index (χ2v) is 15.1. The Morgan fingerprint density at radius 3 is 2.52 bits per heavy atom. The number of carbonyl (C=O) groups excluding carboxylic acids is 3. The third kappa shape index (κ3) is 8.75. The fourth-order valence-corrected chi connectivity index (χ4v) is 6.06. The lowest BCUT2D eigenvalue weighted by Crippen LogP contribution is -2.76. The summed E-state index contributed by atoms with van der Waals surface area (Å²) in [5.41, 5.74) is 3.02. The Morgan fingerprint density at radius 2 is 1.92 bits per heavy atom. The van der Waals surface area contributed by atoms with Crippen LogP contribution in [0.3, 0.4) is 0 Å². The zero-order chi connectivity index (χ0) is 38.2. The zero-order valence-electron chi connectivity index (χ0n) is 28.4. The van der Waals surface area contributed by atoms with Crippen molar-refractivity contribution in [1.29, 1.82) is 0 Å². The van der Waals surface area contributed by atoms with Crippen molar-refractivity contribution < 1.29 is 55.9 Å². The minimum absolute atomic E-state index is 0.0433. The largest absolute Gasteiger partial charge is 0.489 e. The molecule has 0 bridgehead atoms. The van der Waals surface area contributed by atoms with Crippen molar-refractivity contribution in [1.82, 2.24) is 25.2 Å². The summed E-state index contributed by atoms with van der Waals surface area (Å²) in [5.74, 6) is -2.66. The lowest BCUT2D eigenvalue weighted by molar-refractivity contribution is -0.218. The highest BCUT2D eigenvalue weighted by Crippen LogP contribution is 2.33. The van der Waals surface area contributed by atoms with E-state index in [1.807, 2.05) is 0 Å². The average Bonchev–Trinajstić information content (AvgIpc) is 3.45. The van der Waals surface area contributed by atoms with Crippen molar-refractivity contribution in [2.75, 3.05) is 30.7 Å². The third-order valence-corrected chi connectivity index (χ3v) is 8.67. The number of hydrogen-bond donors (Lipinski definition) is 5. The number of anilines is 2. The third-order valence-electron chi connectivity index (χ3n) is 7.66. The van der Waals surface area contributed by atoms with E-state index >= 15 is 0 Å². The number of hydroxylamine groups is 2. The summed E-state index contributed by atoms with van der Waals surface area (Å²) in [7, 11) is -5.03. The van der Waals surface area contributed by atoms with E-state index in [4.69, 9.17) is 24.6 Å². The summed E-state index contributed by atoms with van der Waals surface area (Å²) in [5, 5.41) is 22.5. The molecule has 2 atom stereocenters. The first-order chi connectivity index (χ1) is 24.2. The van der Waals surface area contributed by atoms with Crippen LogP contribution in [-0.2, 0) is 38.6 Å². The van der Waals surface area contributed by atoms with Gasteiger partial charge in [0, 0.05) is 30.1 Å². The standard InChI is InChI=1S/C30H36N8O12S2/c1-29(2,3)48-28(43)37-11-16(12-37)33-23-18-7-6-17(10-15(18)8-9-32-23)47-13-20(26(41)42)49-36-21(19-14-51-27(31)34-19)24(39)35-22-25(40)38(30(22,4)5)50-52(44,45)46/h6-10,14,16,20,22H,11-13H2,1-5H3,(H2,31,34)(H,32,33)(H,35,39)(H,41,42)(H,44,45,46)/b36-21-/t20-,22+/m0/s1. The molecule has 52 heavy (non-hydrogen) atoms. The molecule has 6 N–H and O–H groups in total. The molecule has 0 aliphatic carbocycles. The van der Waals surface area contributed by atoms with Crippen molar-refractivity contribution in [3.63, 3.8) is 0 Å². The van der Waals surface area contributed by atoms with Crippen molar-refractivity contribution >= 4 is 73.0 Å². The molecule has 2 aliphatic rings. The first-order valence-electron chi connectivity index (χ1n) is 15.5. The SMILES string of the molecule is CC(C)(C)OC(=O)N1CC(Nc2nccc3cc(OC[C@H](O/N=C(\C(=O)N[C@@H]4C(=O)N(OS(=O)(=O)O)C4(C)C)c4csc(N)n4)C(=O)O)ccc23)C1. The van der Waals surface area contributed by atoms with Crippen LogP contribution < -0.4 is 21.1 Å². The molecule has 0 unspecified atom stereocenters. The maximum atomic E-state index is 13.3. The number of hydrogen-bond acceptors (Lipinski definition) is 16. The predicted molar refractivity (Wildman–Crippen MR) is 184 cm³/mol. The Balaban J connectivity index is 1.24. The minimum Gasteiger partial charge on any atom is -0.489 e. The number of nitrogens with zero attached hydrogens (tertiary/aromatic N) is 5. The number of nitrogen functional groups attached to an aromatic ring is 1. The summed E-state index contributed by atoms with van der Waals surface area (Å²) in [6.07, 6.45) is -0.528. The number of thiazole rings is 1. The number of aromatic nitrogens is 2. The van der Waals surface area contributed by atoms with Crippen LogP contribution in [0.25, 0.3) is 10.8 Å². The number of nitrogens with one attached hydrogen (secondary N) is 2. The van der Waals surface area contributed by atoms with Crippen LogP contribution >= 0.6 is 11.3 Å². The Labute approximate surface area is 300 Å². The van der Waals surface area contributed by atoms with Gasteiger partial charge in [-0.1, -0.05) is 5.16 Å². The summed E-state index contributed by atoms with van der Waals surface area (Å²) >= 11 is 0.946. The molecule has 0 radical (unpaired) electrons. The summed E-state index contributed by atoms with van der Waals surface area (Å²) < 4.78 is 46.6. The van der Waals surface area contributed by atoms with Gasteiger partial charge >= 0.3 is 22.5 Å². The van der Waals surface area contributed by atoms with Gasteiger partial charge in [-0.2, -0.15) is 13.5 Å². The Hall–Kier alpha value is -5.32. The molecule has 2 aromatic heterocycles. The number of aliphatic carboxylic acids is 1. The molecular formula is C30H36N8O12S2. The number of benzene rings is 1. The number of likely N-dealkylation sites (tertiary alicyclic amines) is 1. The first kappa shape index (κ1) is 37.9. The molecule has 0 saturated carbocycles. The maximum Gasteiger partial charge on any atom is 0.418 e. The number of oxime groups is 1. The second-order valence-electron chi connectivity index (χ2n) is 13.2. The molecule has 22 heteroatoms. The van der Waals surface area contributed by atoms with Gasteiger partial charge in [0.15, 0.2) is 10.8 Å². The van der Waals surface area contributed by atoms with Gasteiger partial charge in [0.1, 0.15) is 35.5 Å². The highest BCUT2D eigenvalue weighted by atomic mass is 32.3. The van der Waals surface area contributed by atoms with Gasteiger partial charge in [-0.3, -0.25) is 14.1 Å². The van der Waals surface area contributed by atoms with E-state index in [1.54, 1.807) is 56.1 Å². The van der Waals surface area contributed by atoms with Crippen LogP contribution in [0.15, 0.2) is 41.0 Å². The van der Waals surface area contributed by atoms with Crippen LogP contribution in [0.5, 0.6) is 5.75 Å². The van der Waals surface area contributed by atoms with Crippen molar-refractivity contribution in [2.24, 2.45) is 5.16 Å². The van der Waals surface area contributed by atoms with Crippen LogP contribution in [0.1, 0.15) is 40.3 Å². The number of rotatable bonds is 13. The van der Waals surface area contributed by atoms with Gasteiger partial charge < -0.3 is 40.7 Å². The number of carboxylic acids is 1. The van der Waals surface area contributed by atoms with E-state index in [0.717, 1.165) is 22.1 Å². The van der Waals surface area contributed by atoms with Gasteiger partial charge in [-0.05, 0) is 64.3 Å². The van der Waals surface area contributed by atoms with Gasteiger partial charge in [0.25, 0.3) is 17.9 Å². The fraction of sp³-hybridized carbons (Fsp3) is 0.433. The van der Waals surface area contributed by atoms with Gasteiger partial charge in [0.05, 0.1) is 11.6 Å². The number of carboxylic acid groups (broad SMARTS) is 1. The molecule has 3 amide bonds. The fourth-order valence-electron chi connectivity index (χ4n) is 5.05. The predicted octanol–water partition coefficient (Wildman–Crippen LogP) is 1.40. The van der Waals surface area contributed by atoms with E-state index in [2.05, 4.69) is 30.0 Å².